The van der Waals surface area contributed by atoms with Gasteiger partial charge in [0.1, 0.15) is 24.6 Å². The summed E-state index contributed by atoms with van der Waals surface area (Å²) in [5.74, 6) is -2.24. The standard InChI is InChI=1S/C20H14F3N3O4/c21-20(22,23)15-7-16(18(27)29-11-13-3-1-5-24-9-13)26-17(8-15)19(28)30-12-14-4-2-6-25-10-14/h1-10H,11-12H2. The number of aromatic nitrogens is 3. The Kier molecular flexibility index (Phi) is 6.35. The van der Waals surface area contributed by atoms with Gasteiger partial charge in [-0.15, -0.1) is 0 Å². The fourth-order valence-electron chi connectivity index (χ4n) is 2.32. The number of carbonyl (C=O) groups excluding carboxylic acids is 2. The maximum atomic E-state index is 13.2. The molecule has 0 N–H and O–H groups in total. The molecule has 0 amide bonds. The number of esters is 2. The first-order valence-corrected chi connectivity index (χ1v) is 8.54. The van der Waals surface area contributed by atoms with Crippen LogP contribution in [-0.2, 0) is 28.9 Å². The zero-order valence-corrected chi connectivity index (χ0v) is 15.3. The lowest BCUT2D eigenvalue weighted by Crippen LogP contribution is -2.17. The fourth-order valence-corrected chi connectivity index (χ4v) is 2.32. The van der Waals surface area contributed by atoms with E-state index in [1.54, 1.807) is 24.3 Å². The lowest BCUT2D eigenvalue weighted by molar-refractivity contribution is -0.137. The first-order chi connectivity index (χ1) is 14.3. The molecule has 0 fully saturated rings. The molecule has 0 saturated heterocycles. The van der Waals surface area contributed by atoms with Gasteiger partial charge in [-0.05, 0) is 24.3 Å². The number of hydrogen-bond acceptors (Lipinski definition) is 7. The van der Waals surface area contributed by atoms with Crippen LogP contribution in [0.4, 0.5) is 13.2 Å². The summed E-state index contributed by atoms with van der Waals surface area (Å²) in [6.07, 6.45) is 1.11. The Morgan fingerprint density at radius 3 is 1.67 bits per heavy atom. The van der Waals surface area contributed by atoms with Crippen molar-refractivity contribution in [2.24, 2.45) is 0 Å². The van der Waals surface area contributed by atoms with Crippen LogP contribution in [0.15, 0.2) is 61.2 Å². The second kappa shape index (κ2) is 9.12. The lowest BCUT2D eigenvalue weighted by atomic mass is 10.1. The highest BCUT2D eigenvalue weighted by molar-refractivity contribution is 5.92. The molecule has 10 heteroatoms. The van der Waals surface area contributed by atoms with E-state index in [0.29, 0.717) is 23.3 Å². The Labute approximate surface area is 168 Å². The maximum absolute atomic E-state index is 13.2. The normalized spacial score (nSPS) is 11.0. The predicted molar refractivity (Wildman–Crippen MR) is 96.0 cm³/mol. The molecule has 0 aliphatic rings. The van der Waals surface area contributed by atoms with E-state index >= 15 is 0 Å². The highest BCUT2D eigenvalue weighted by Crippen LogP contribution is 2.30. The second-order valence-corrected chi connectivity index (χ2v) is 6.00. The third kappa shape index (κ3) is 5.60. The molecule has 0 atom stereocenters. The number of ether oxygens (including phenoxy) is 2. The van der Waals surface area contributed by atoms with Gasteiger partial charge in [0.05, 0.1) is 5.56 Å². The molecule has 0 unspecified atom stereocenters. The van der Waals surface area contributed by atoms with E-state index in [0.717, 1.165) is 0 Å². The van der Waals surface area contributed by atoms with Gasteiger partial charge in [-0.25, -0.2) is 14.6 Å². The van der Waals surface area contributed by atoms with Gasteiger partial charge in [-0.3, -0.25) is 9.97 Å². The number of nitrogens with zero attached hydrogens (tertiary/aromatic N) is 3. The molecule has 0 aliphatic carbocycles. The molecule has 7 nitrogen and oxygen atoms in total. The second-order valence-electron chi connectivity index (χ2n) is 6.00. The van der Waals surface area contributed by atoms with Crippen molar-refractivity contribution in [1.29, 1.82) is 0 Å². The van der Waals surface area contributed by atoms with Crippen molar-refractivity contribution in [3.05, 3.63) is 89.3 Å². The first kappa shape index (κ1) is 20.9. The molecular weight excluding hydrogens is 403 g/mol. The number of pyridine rings is 3. The van der Waals surface area contributed by atoms with Crippen molar-refractivity contribution in [3.63, 3.8) is 0 Å². The van der Waals surface area contributed by atoms with Crippen LogP contribution in [0.25, 0.3) is 0 Å². The molecule has 0 saturated carbocycles. The molecule has 0 spiro atoms. The largest absolute Gasteiger partial charge is 0.456 e. The summed E-state index contributed by atoms with van der Waals surface area (Å²) in [5.41, 5.74) is -1.48. The van der Waals surface area contributed by atoms with Gasteiger partial charge in [0.2, 0.25) is 0 Å². The summed E-state index contributed by atoms with van der Waals surface area (Å²) in [6.45, 7) is -0.434. The van der Waals surface area contributed by atoms with Gasteiger partial charge in [-0.2, -0.15) is 13.2 Å². The van der Waals surface area contributed by atoms with Crippen molar-refractivity contribution in [3.8, 4) is 0 Å². The molecule has 154 valence electrons. The molecule has 3 rings (SSSR count). The Morgan fingerprint density at radius 1 is 0.833 bits per heavy atom. The monoisotopic (exact) mass is 417 g/mol. The molecule has 0 aliphatic heterocycles. The number of carbonyl (C=O) groups is 2. The molecule has 0 aromatic carbocycles. The average molecular weight is 417 g/mol. The number of alkyl halides is 3. The van der Waals surface area contributed by atoms with Gasteiger partial charge in [0, 0.05) is 35.9 Å². The topological polar surface area (TPSA) is 91.3 Å². The molecule has 3 heterocycles. The Balaban J connectivity index is 1.79. The van der Waals surface area contributed by atoms with E-state index in [1.165, 1.54) is 24.8 Å². The van der Waals surface area contributed by atoms with Crippen LogP contribution in [0.2, 0.25) is 0 Å². The highest BCUT2D eigenvalue weighted by Gasteiger charge is 2.33. The average Bonchev–Trinajstić information content (AvgIpc) is 2.76. The van der Waals surface area contributed by atoms with E-state index in [-0.39, 0.29) is 13.2 Å². The van der Waals surface area contributed by atoms with E-state index in [9.17, 15) is 22.8 Å². The first-order valence-electron chi connectivity index (χ1n) is 8.54. The summed E-state index contributed by atoms with van der Waals surface area (Å²) in [6, 6.07) is 7.51. The van der Waals surface area contributed by atoms with Gasteiger partial charge in [0.25, 0.3) is 0 Å². The summed E-state index contributed by atoms with van der Waals surface area (Å²) in [7, 11) is 0. The zero-order valence-electron chi connectivity index (χ0n) is 15.3. The van der Waals surface area contributed by atoms with Crippen molar-refractivity contribution >= 4 is 11.9 Å². The minimum absolute atomic E-state index is 0.217. The van der Waals surface area contributed by atoms with Crippen LogP contribution in [0.1, 0.15) is 37.7 Å². The van der Waals surface area contributed by atoms with E-state index in [1.807, 2.05) is 0 Å². The Morgan fingerprint density at radius 2 is 1.30 bits per heavy atom. The van der Waals surface area contributed by atoms with Gasteiger partial charge in [0.15, 0.2) is 0 Å². The molecule has 30 heavy (non-hydrogen) atoms. The van der Waals surface area contributed by atoms with Crippen LogP contribution >= 0.6 is 0 Å². The molecule has 3 aromatic heterocycles. The minimum Gasteiger partial charge on any atom is -0.456 e. The van der Waals surface area contributed by atoms with E-state index in [2.05, 4.69) is 15.0 Å². The molecule has 0 radical (unpaired) electrons. The Hall–Kier alpha value is -3.82. The van der Waals surface area contributed by atoms with Crippen LogP contribution in [0, 0.1) is 0 Å². The third-order valence-corrected chi connectivity index (χ3v) is 3.76. The van der Waals surface area contributed by atoms with Gasteiger partial charge >= 0.3 is 18.1 Å². The molecule has 3 aromatic rings. The lowest BCUT2D eigenvalue weighted by Gasteiger charge is -2.11. The predicted octanol–water partition coefficient (Wildman–Crippen LogP) is 3.60. The number of rotatable bonds is 6. The summed E-state index contributed by atoms with van der Waals surface area (Å²) < 4.78 is 49.6. The van der Waals surface area contributed by atoms with Crippen molar-refractivity contribution in [2.75, 3.05) is 0 Å². The van der Waals surface area contributed by atoms with Crippen molar-refractivity contribution < 1.29 is 32.2 Å². The Bertz CT molecular complexity index is 955. The summed E-state index contributed by atoms with van der Waals surface area (Å²) in [5, 5.41) is 0. The van der Waals surface area contributed by atoms with Crippen LogP contribution in [0.3, 0.4) is 0 Å². The third-order valence-electron chi connectivity index (χ3n) is 3.76. The SMILES string of the molecule is O=C(OCc1cccnc1)c1cc(C(F)(F)F)cc(C(=O)OCc2cccnc2)n1. The van der Waals surface area contributed by atoms with Crippen LogP contribution in [0.5, 0.6) is 0 Å². The number of hydrogen-bond donors (Lipinski definition) is 0. The quantitative estimate of drug-likeness (QED) is 0.566. The van der Waals surface area contributed by atoms with Crippen LogP contribution < -0.4 is 0 Å². The number of halogens is 3. The van der Waals surface area contributed by atoms with E-state index < -0.39 is 35.1 Å². The van der Waals surface area contributed by atoms with Gasteiger partial charge < -0.3 is 9.47 Å². The van der Waals surface area contributed by atoms with Crippen LogP contribution in [-0.4, -0.2) is 26.9 Å². The highest BCUT2D eigenvalue weighted by atomic mass is 19.4. The maximum Gasteiger partial charge on any atom is 0.416 e. The van der Waals surface area contributed by atoms with Crippen molar-refractivity contribution in [1.82, 2.24) is 15.0 Å². The molecular formula is C20H14F3N3O4. The van der Waals surface area contributed by atoms with Crippen molar-refractivity contribution in [2.45, 2.75) is 19.4 Å². The fraction of sp³-hybridized carbons (Fsp3) is 0.150. The summed E-state index contributed by atoms with van der Waals surface area (Å²) in [4.78, 5) is 35.8. The smallest absolute Gasteiger partial charge is 0.416 e. The minimum atomic E-state index is -4.81. The zero-order chi connectivity index (χ0) is 21.6. The molecule has 0 bridgehead atoms. The van der Waals surface area contributed by atoms with E-state index in [4.69, 9.17) is 9.47 Å². The van der Waals surface area contributed by atoms with Gasteiger partial charge in [-0.1, -0.05) is 12.1 Å². The summed E-state index contributed by atoms with van der Waals surface area (Å²) >= 11 is 0.